The fourth-order valence-corrected chi connectivity index (χ4v) is 5.60. The van der Waals surface area contributed by atoms with Crippen molar-refractivity contribution in [1.82, 2.24) is 0 Å². The van der Waals surface area contributed by atoms with Gasteiger partial charge in [-0.25, -0.2) is 9.59 Å². The molecule has 1 atom stereocenters. The van der Waals surface area contributed by atoms with Crippen molar-refractivity contribution in [2.45, 2.75) is 115 Å². The third-order valence-corrected chi connectivity index (χ3v) is 9.34. The summed E-state index contributed by atoms with van der Waals surface area (Å²) in [5.41, 5.74) is -22.2. The molecule has 2 aromatic rings. The molecule has 2 aromatic carbocycles. The summed E-state index contributed by atoms with van der Waals surface area (Å²) in [6.07, 6.45) is -25.4. The van der Waals surface area contributed by atoms with Crippen molar-refractivity contribution in [3.63, 3.8) is 0 Å². The molecule has 0 spiro atoms. The van der Waals surface area contributed by atoms with Crippen molar-refractivity contribution in [1.29, 1.82) is 0 Å². The van der Waals surface area contributed by atoms with Gasteiger partial charge in [-0.15, -0.1) is 0 Å². The van der Waals surface area contributed by atoms with Gasteiger partial charge in [0.05, 0.1) is 22.0 Å². The lowest BCUT2D eigenvalue weighted by molar-refractivity contribution is -0.407. The number of carbonyl (C=O) groups is 4. The second kappa shape index (κ2) is 15.9. The Morgan fingerprint density at radius 2 is 0.776 bits per heavy atom. The number of hydrogen-bond acceptors (Lipinski definition) is 10. The van der Waals surface area contributed by atoms with E-state index in [1.807, 2.05) is 0 Å². The summed E-state index contributed by atoms with van der Waals surface area (Å²) in [7, 11) is 0. The molecule has 0 heterocycles. The summed E-state index contributed by atoms with van der Waals surface area (Å²) in [4.78, 5) is 51.5. The number of halogens is 12. The van der Waals surface area contributed by atoms with E-state index >= 15 is 0 Å². The van der Waals surface area contributed by atoms with E-state index in [1.165, 1.54) is 20.8 Å². The second-order valence-corrected chi connectivity index (χ2v) is 15.0. The van der Waals surface area contributed by atoms with Gasteiger partial charge in [-0.3, -0.25) is 9.59 Å². The van der Waals surface area contributed by atoms with E-state index in [4.69, 9.17) is 9.47 Å². The Kier molecular flexibility index (Phi) is 13.6. The highest BCUT2D eigenvalue weighted by Gasteiger charge is 2.80. The van der Waals surface area contributed by atoms with Crippen molar-refractivity contribution < 1.29 is 101 Å². The standard InChI is InChI=1S/C36H38F12O10/c1-9-30(8,26(52)56-22-16-12-20(13-17-22)24(50)58-29(6,7)32(54,35(43,44)45)36(46,47)48)18-27(2,3)25(51)55-21-14-10-19(11-15-21)23(49)57-28(4,5)31(53,33(37,38)39)34(40,41)42/h10-17,53-54H,9,18H2,1-8H3. The van der Waals surface area contributed by atoms with Crippen LogP contribution in [0.2, 0.25) is 0 Å². The van der Waals surface area contributed by atoms with Crippen LogP contribution < -0.4 is 9.47 Å². The Labute approximate surface area is 322 Å². The van der Waals surface area contributed by atoms with Crippen molar-refractivity contribution in [3.8, 4) is 11.5 Å². The van der Waals surface area contributed by atoms with E-state index in [0.29, 0.717) is 0 Å². The molecule has 0 radical (unpaired) electrons. The van der Waals surface area contributed by atoms with E-state index in [2.05, 4.69) is 9.47 Å². The number of carbonyl (C=O) groups excluding carboxylic acids is 4. The van der Waals surface area contributed by atoms with Gasteiger partial charge in [-0.1, -0.05) is 6.92 Å². The quantitative estimate of drug-likeness (QED) is 0.114. The van der Waals surface area contributed by atoms with Crippen LogP contribution in [0.3, 0.4) is 0 Å². The topological polar surface area (TPSA) is 146 Å². The molecule has 58 heavy (non-hydrogen) atoms. The summed E-state index contributed by atoms with van der Waals surface area (Å²) >= 11 is 0. The van der Waals surface area contributed by atoms with E-state index < -0.39 is 92.9 Å². The molecule has 326 valence electrons. The lowest BCUT2D eigenvalue weighted by Gasteiger charge is -2.43. The minimum absolute atomic E-state index is 0.0360. The summed E-state index contributed by atoms with van der Waals surface area (Å²) < 4.78 is 180. The number of ether oxygens (including phenoxy) is 4. The maximum atomic E-state index is 13.3. The Morgan fingerprint density at radius 3 is 1.03 bits per heavy atom. The first-order valence-electron chi connectivity index (χ1n) is 16.6. The van der Waals surface area contributed by atoms with Gasteiger partial charge in [0, 0.05) is 0 Å². The number of aliphatic hydroxyl groups is 2. The molecule has 0 fully saturated rings. The van der Waals surface area contributed by atoms with Crippen LogP contribution in [-0.2, 0) is 19.1 Å². The molecule has 2 rings (SSSR count). The first-order valence-corrected chi connectivity index (χ1v) is 16.6. The number of rotatable bonds is 13. The molecule has 0 aliphatic rings. The van der Waals surface area contributed by atoms with E-state index in [-0.39, 0.29) is 52.0 Å². The molecule has 0 aromatic heterocycles. The minimum atomic E-state index is -6.30. The smallest absolute Gasteiger partial charge is 0.430 e. The fourth-order valence-electron chi connectivity index (χ4n) is 5.60. The lowest BCUT2D eigenvalue weighted by Crippen LogP contribution is -2.69. The predicted molar refractivity (Wildman–Crippen MR) is 174 cm³/mol. The molecule has 0 saturated carbocycles. The third-order valence-electron chi connectivity index (χ3n) is 9.34. The molecule has 0 saturated heterocycles. The minimum Gasteiger partial charge on any atom is -0.452 e. The Balaban J connectivity index is 2.17. The van der Waals surface area contributed by atoms with E-state index in [1.54, 1.807) is 6.92 Å². The third kappa shape index (κ3) is 9.64. The number of alkyl halides is 12. The first kappa shape index (κ1) is 49.5. The summed E-state index contributed by atoms with van der Waals surface area (Å²) in [5.74, 6) is -5.84. The molecular weight excluding hydrogens is 820 g/mol. The van der Waals surface area contributed by atoms with Crippen LogP contribution in [0.25, 0.3) is 0 Å². The highest BCUT2D eigenvalue weighted by atomic mass is 19.4. The highest BCUT2D eigenvalue weighted by Crippen LogP contribution is 2.52. The Hall–Kier alpha value is -4.60. The second-order valence-electron chi connectivity index (χ2n) is 15.0. The average Bonchev–Trinajstić information content (AvgIpc) is 3.05. The monoisotopic (exact) mass is 858 g/mol. The van der Waals surface area contributed by atoms with Gasteiger partial charge in [0.1, 0.15) is 11.5 Å². The van der Waals surface area contributed by atoms with Crippen LogP contribution >= 0.6 is 0 Å². The summed E-state index contributed by atoms with van der Waals surface area (Å²) in [5, 5.41) is 19.3. The molecule has 0 aliphatic heterocycles. The molecule has 10 nitrogen and oxygen atoms in total. The van der Waals surface area contributed by atoms with Crippen molar-refractivity contribution >= 4 is 23.9 Å². The SMILES string of the molecule is CCC(C)(CC(C)(C)C(=O)Oc1ccc(C(=O)OC(C)(C)C(O)(C(F)(F)F)C(F)(F)F)cc1)C(=O)Oc1ccc(C(=O)OC(C)(C)C(O)(C(F)(F)F)C(F)(F)F)cc1. The van der Waals surface area contributed by atoms with Crippen molar-refractivity contribution in [2.24, 2.45) is 10.8 Å². The molecule has 22 heteroatoms. The van der Waals surface area contributed by atoms with Gasteiger partial charge >= 0.3 is 48.6 Å². The van der Waals surface area contributed by atoms with Gasteiger partial charge in [-0.05, 0) is 110 Å². The van der Waals surface area contributed by atoms with Crippen molar-refractivity contribution in [2.75, 3.05) is 0 Å². The van der Waals surface area contributed by atoms with Gasteiger partial charge in [0.2, 0.25) is 0 Å². The van der Waals surface area contributed by atoms with Gasteiger partial charge in [-0.2, -0.15) is 52.7 Å². The first-order chi connectivity index (χ1) is 25.7. The average molecular weight is 859 g/mol. The zero-order valence-electron chi connectivity index (χ0n) is 31.7. The summed E-state index contributed by atoms with van der Waals surface area (Å²) in [6.45, 7) is 6.53. The number of benzene rings is 2. The van der Waals surface area contributed by atoms with Crippen LogP contribution in [-0.4, -0.2) is 81.2 Å². The molecule has 1 unspecified atom stereocenters. The van der Waals surface area contributed by atoms with Crippen LogP contribution in [0.1, 0.15) is 88.9 Å². The van der Waals surface area contributed by atoms with Gasteiger partial charge < -0.3 is 29.2 Å². The van der Waals surface area contributed by atoms with Gasteiger partial charge in [0.25, 0.3) is 11.2 Å². The molecule has 0 amide bonds. The molecular formula is C36H38F12O10. The lowest BCUT2D eigenvalue weighted by atomic mass is 9.72. The molecule has 2 N–H and O–H groups in total. The zero-order valence-corrected chi connectivity index (χ0v) is 31.7. The highest BCUT2D eigenvalue weighted by molar-refractivity contribution is 5.91. The van der Waals surface area contributed by atoms with E-state index in [9.17, 15) is 82.1 Å². The Bertz CT molecular complexity index is 1800. The number of hydrogen-bond donors (Lipinski definition) is 2. The van der Waals surface area contributed by atoms with Crippen LogP contribution in [0.4, 0.5) is 52.7 Å². The maximum absolute atomic E-state index is 13.3. The van der Waals surface area contributed by atoms with Gasteiger partial charge in [0.15, 0.2) is 11.2 Å². The molecule has 0 bridgehead atoms. The zero-order chi connectivity index (χ0) is 45.5. The van der Waals surface area contributed by atoms with Crippen LogP contribution in [0.5, 0.6) is 11.5 Å². The van der Waals surface area contributed by atoms with E-state index in [0.717, 1.165) is 48.5 Å². The van der Waals surface area contributed by atoms with Crippen LogP contribution in [0.15, 0.2) is 48.5 Å². The molecule has 0 aliphatic carbocycles. The van der Waals surface area contributed by atoms with Crippen molar-refractivity contribution in [3.05, 3.63) is 59.7 Å². The predicted octanol–water partition coefficient (Wildman–Crippen LogP) is 8.61. The largest absolute Gasteiger partial charge is 0.452 e. The maximum Gasteiger partial charge on any atom is 0.430 e. The normalized spacial score (nSPS) is 14.9. The Morgan fingerprint density at radius 1 is 0.500 bits per heavy atom. The van der Waals surface area contributed by atoms with Crippen LogP contribution in [0, 0.1) is 10.8 Å². The fraction of sp³-hybridized carbons (Fsp3) is 0.556. The summed E-state index contributed by atoms with van der Waals surface area (Å²) in [6, 6.07) is 7.23. The number of esters is 4.